The van der Waals surface area contributed by atoms with Gasteiger partial charge in [0.15, 0.2) is 11.5 Å². The number of likely N-dealkylation sites (N-methyl/N-ethyl adjacent to an activating group) is 1. The van der Waals surface area contributed by atoms with Gasteiger partial charge in [-0.2, -0.15) is 0 Å². The summed E-state index contributed by atoms with van der Waals surface area (Å²) in [6, 6.07) is 3.89. The lowest BCUT2D eigenvalue weighted by atomic mass is 9.51. The van der Waals surface area contributed by atoms with Crippen molar-refractivity contribution in [2.24, 2.45) is 0 Å². The summed E-state index contributed by atoms with van der Waals surface area (Å²) in [6.07, 6.45) is 5.24. The van der Waals surface area contributed by atoms with E-state index in [1.165, 1.54) is 0 Å². The molecule has 3 unspecified atom stereocenters. The number of rotatable bonds is 1. The molecule has 1 aromatic carbocycles. The van der Waals surface area contributed by atoms with E-state index in [1.54, 1.807) is 7.11 Å². The maximum absolute atomic E-state index is 11.7. The van der Waals surface area contributed by atoms with Gasteiger partial charge in [0.05, 0.1) is 12.5 Å². The first-order valence-corrected chi connectivity index (χ1v) is 8.21. The largest absolute Gasteiger partial charge is 0.504 e. The van der Waals surface area contributed by atoms with Gasteiger partial charge in [-0.25, -0.2) is 0 Å². The average Bonchev–Trinajstić information content (AvgIpc) is 2.51. The van der Waals surface area contributed by atoms with Gasteiger partial charge in [0.25, 0.3) is 0 Å². The lowest BCUT2D eigenvalue weighted by Gasteiger charge is -2.63. The standard InChI is InChI=1S/C18H24N2O3/c1-11-17-7-9-20(2)14(18(17,22)6-8-19-11)10-12-4-5-13(23-3)16(21)15(12)17/h4-6,8,11,14,19,21-22H,7,9-10H2,1-3H3/t11?,14?,17?,18-/m1/s1. The Morgan fingerprint density at radius 2 is 2.17 bits per heavy atom. The summed E-state index contributed by atoms with van der Waals surface area (Å²) in [5.74, 6) is 0.648. The van der Waals surface area contributed by atoms with Gasteiger partial charge in [-0.1, -0.05) is 6.07 Å². The van der Waals surface area contributed by atoms with Crippen LogP contribution in [-0.4, -0.2) is 53.5 Å². The number of hydrogen-bond acceptors (Lipinski definition) is 5. The maximum atomic E-state index is 11.7. The molecule has 3 N–H and O–H groups in total. The lowest BCUT2D eigenvalue weighted by molar-refractivity contribution is -0.122. The van der Waals surface area contributed by atoms with Crippen LogP contribution in [0.5, 0.6) is 11.5 Å². The van der Waals surface area contributed by atoms with Crippen LogP contribution in [0.4, 0.5) is 0 Å². The fraction of sp³-hybridized carbons (Fsp3) is 0.556. The second kappa shape index (κ2) is 4.65. The first kappa shape index (κ1) is 14.8. The van der Waals surface area contributed by atoms with E-state index in [-0.39, 0.29) is 17.8 Å². The van der Waals surface area contributed by atoms with E-state index in [2.05, 4.69) is 24.2 Å². The van der Waals surface area contributed by atoms with Gasteiger partial charge in [-0.05, 0) is 57.3 Å². The zero-order valence-electron chi connectivity index (χ0n) is 13.8. The van der Waals surface area contributed by atoms with E-state index >= 15 is 0 Å². The molecule has 0 radical (unpaired) electrons. The highest BCUT2D eigenvalue weighted by atomic mass is 16.5. The Balaban J connectivity index is 2.06. The molecule has 4 atom stereocenters. The SMILES string of the molecule is COc1ccc2c(c1O)C13CCN(C)C(C2)[C@]1(O)C=CNC3C. The van der Waals surface area contributed by atoms with Crippen LogP contribution >= 0.6 is 0 Å². The third-order valence-electron chi connectivity index (χ3n) is 6.34. The highest BCUT2D eigenvalue weighted by Crippen LogP contribution is 2.58. The normalized spacial score (nSPS) is 38.4. The minimum Gasteiger partial charge on any atom is -0.504 e. The number of methoxy groups -OCH3 is 1. The number of fused-ring (bicyclic) bond motifs is 1. The number of phenols is 1. The molecule has 2 heterocycles. The number of nitrogens with zero attached hydrogens (tertiary/aromatic N) is 1. The van der Waals surface area contributed by atoms with Crippen molar-refractivity contribution in [3.05, 3.63) is 35.5 Å². The molecule has 0 aromatic heterocycles. The highest BCUT2D eigenvalue weighted by molar-refractivity contribution is 5.60. The third kappa shape index (κ3) is 1.59. The van der Waals surface area contributed by atoms with Crippen molar-refractivity contribution in [2.75, 3.05) is 20.7 Å². The van der Waals surface area contributed by atoms with Crippen molar-refractivity contribution in [3.63, 3.8) is 0 Å². The van der Waals surface area contributed by atoms with Crippen LogP contribution in [-0.2, 0) is 11.8 Å². The number of nitrogens with one attached hydrogen (secondary N) is 1. The molecule has 0 saturated carbocycles. The monoisotopic (exact) mass is 316 g/mol. The van der Waals surface area contributed by atoms with Gasteiger partial charge in [0, 0.05) is 17.6 Å². The quantitative estimate of drug-likeness (QED) is 0.725. The Labute approximate surface area is 136 Å². The third-order valence-corrected chi connectivity index (χ3v) is 6.34. The van der Waals surface area contributed by atoms with Gasteiger partial charge >= 0.3 is 0 Å². The van der Waals surface area contributed by atoms with E-state index in [4.69, 9.17) is 4.74 Å². The summed E-state index contributed by atoms with van der Waals surface area (Å²) < 4.78 is 5.33. The molecule has 1 aliphatic carbocycles. The predicted octanol–water partition coefficient (Wildman–Crippen LogP) is 1.14. The Bertz CT molecular complexity index is 689. The molecule has 0 amide bonds. The number of hydrogen-bond donors (Lipinski definition) is 3. The van der Waals surface area contributed by atoms with Crippen LogP contribution < -0.4 is 10.1 Å². The Morgan fingerprint density at radius 1 is 1.39 bits per heavy atom. The molecule has 4 rings (SSSR count). The summed E-state index contributed by atoms with van der Waals surface area (Å²) in [4.78, 5) is 2.24. The van der Waals surface area contributed by atoms with Gasteiger partial charge in [0.2, 0.25) is 0 Å². The summed E-state index contributed by atoms with van der Waals surface area (Å²) in [6.45, 7) is 2.98. The zero-order valence-corrected chi connectivity index (χ0v) is 13.8. The van der Waals surface area contributed by atoms with E-state index in [0.717, 1.165) is 30.5 Å². The molecule has 2 aliphatic heterocycles. The van der Waals surface area contributed by atoms with Crippen molar-refractivity contribution < 1.29 is 14.9 Å². The van der Waals surface area contributed by atoms with Gasteiger partial charge in [-0.3, -0.25) is 4.90 Å². The Morgan fingerprint density at radius 3 is 2.91 bits per heavy atom. The molecule has 3 aliphatic rings. The predicted molar refractivity (Wildman–Crippen MR) is 87.8 cm³/mol. The lowest BCUT2D eigenvalue weighted by Crippen LogP contribution is -2.75. The number of phenolic OH excluding ortho intramolecular Hbond substituents is 1. The fourth-order valence-corrected chi connectivity index (χ4v) is 5.13. The highest BCUT2D eigenvalue weighted by Gasteiger charge is 2.65. The van der Waals surface area contributed by atoms with Crippen LogP contribution in [0, 0.1) is 0 Å². The van der Waals surface area contributed by atoms with Crippen molar-refractivity contribution >= 4 is 0 Å². The molecule has 1 saturated heterocycles. The number of likely N-dealkylation sites (tertiary alicyclic amines) is 1. The summed E-state index contributed by atoms with van der Waals surface area (Å²) in [5.41, 5.74) is 0.411. The Kier molecular flexibility index (Phi) is 3.00. The van der Waals surface area contributed by atoms with Crippen molar-refractivity contribution in [2.45, 2.75) is 42.9 Å². The molecule has 0 spiro atoms. The number of ether oxygens (including phenoxy) is 1. The summed E-state index contributed by atoms with van der Waals surface area (Å²) in [7, 11) is 3.63. The minimum absolute atomic E-state index is 0.0114. The molecule has 23 heavy (non-hydrogen) atoms. The number of aromatic hydroxyl groups is 1. The first-order valence-electron chi connectivity index (χ1n) is 8.21. The molecule has 5 nitrogen and oxygen atoms in total. The molecule has 2 bridgehead atoms. The van der Waals surface area contributed by atoms with Crippen molar-refractivity contribution in [1.82, 2.24) is 10.2 Å². The second-order valence-corrected chi connectivity index (χ2v) is 7.12. The van der Waals surface area contributed by atoms with Gasteiger partial charge in [0.1, 0.15) is 5.60 Å². The molecule has 1 aromatic rings. The van der Waals surface area contributed by atoms with E-state index in [0.29, 0.717) is 5.75 Å². The van der Waals surface area contributed by atoms with E-state index in [9.17, 15) is 10.2 Å². The molecular weight excluding hydrogens is 292 g/mol. The van der Waals surface area contributed by atoms with Crippen molar-refractivity contribution in [3.8, 4) is 11.5 Å². The van der Waals surface area contributed by atoms with Crippen LogP contribution in [0.3, 0.4) is 0 Å². The maximum Gasteiger partial charge on any atom is 0.161 e. The average molecular weight is 316 g/mol. The van der Waals surface area contributed by atoms with Gasteiger partial charge in [-0.15, -0.1) is 0 Å². The fourth-order valence-electron chi connectivity index (χ4n) is 5.13. The first-order chi connectivity index (χ1) is 11.0. The summed E-state index contributed by atoms with van der Waals surface area (Å²) >= 11 is 0. The minimum atomic E-state index is -0.999. The topological polar surface area (TPSA) is 65.0 Å². The van der Waals surface area contributed by atoms with E-state index in [1.807, 2.05) is 24.4 Å². The zero-order chi connectivity index (χ0) is 16.4. The summed E-state index contributed by atoms with van der Waals surface area (Å²) in [5, 5.41) is 26.0. The van der Waals surface area contributed by atoms with Crippen LogP contribution in [0.2, 0.25) is 0 Å². The Hall–Kier alpha value is -1.72. The molecule has 124 valence electrons. The number of aliphatic hydroxyl groups is 1. The number of piperidine rings is 1. The van der Waals surface area contributed by atoms with Gasteiger partial charge < -0.3 is 20.3 Å². The van der Waals surface area contributed by atoms with Crippen LogP contribution in [0.25, 0.3) is 0 Å². The second-order valence-electron chi connectivity index (χ2n) is 7.12. The number of benzene rings is 1. The smallest absolute Gasteiger partial charge is 0.161 e. The molecule has 5 heteroatoms. The van der Waals surface area contributed by atoms with Crippen LogP contribution in [0.1, 0.15) is 24.5 Å². The van der Waals surface area contributed by atoms with E-state index < -0.39 is 11.0 Å². The van der Waals surface area contributed by atoms with Crippen molar-refractivity contribution in [1.29, 1.82) is 0 Å². The molecular formula is C18H24N2O3. The van der Waals surface area contributed by atoms with Crippen LogP contribution in [0.15, 0.2) is 24.4 Å². The molecule has 1 fully saturated rings.